The highest BCUT2D eigenvalue weighted by Crippen LogP contribution is 2.36. The van der Waals surface area contributed by atoms with Crippen molar-refractivity contribution in [1.29, 1.82) is 10.5 Å². The van der Waals surface area contributed by atoms with Crippen molar-refractivity contribution in [3.05, 3.63) is 65.9 Å². The van der Waals surface area contributed by atoms with Crippen molar-refractivity contribution in [2.75, 3.05) is 7.11 Å². The van der Waals surface area contributed by atoms with Crippen LogP contribution >= 0.6 is 0 Å². The summed E-state index contributed by atoms with van der Waals surface area (Å²) < 4.78 is 5.19. The molecular formula is C19H15N3O. The van der Waals surface area contributed by atoms with E-state index in [0.29, 0.717) is 0 Å². The zero-order chi connectivity index (χ0) is 16.2. The SMILES string of the molecule is COc1ccc(C(c2c[nH]c3ccccc23)C(C#N)C#N)cc1. The molecule has 1 atom stereocenters. The van der Waals surface area contributed by atoms with Crippen molar-refractivity contribution < 1.29 is 4.74 Å². The fourth-order valence-corrected chi connectivity index (χ4v) is 2.89. The maximum Gasteiger partial charge on any atom is 0.144 e. The summed E-state index contributed by atoms with van der Waals surface area (Å²) in [6, 6.07) is 19.7. The molecule has 0 radical (unpaired) electrons. The first-order valence-corrected chi connectivity index (χ1v) is 7.27. The molecule has 3 rings (SSSR count). The van der Waals surface area contributed by atoms with Gasteiger partial charge < -0.3 is 9.72 Å². The number of hydrogen-bond acceptors (Lipinski definition) is 3. The number of ether oxygens (including phenoxy) is 1. The molecule has 1 aromatic heterocycles. The van der Waals surface area contributed by atoms with Gasteiger partial charge in [-0.15, -0.1) is 0 Å². The van der Waals surface area contributed by atoms with Crippen LogP contribution in [0.25, 0.3) is 10.9 Å². The van der Waals surface area contributed by atoms with Crippen molar-refractivity contribution in [1.82, 2.24) is 4.98 Å². The predicted molar refractivity (Wildman–Crippen MR) is 87.9 cm³/mol. The van der Waals surface area contributed by atoms with Gasteiger partial charge in [0.05, 0.1) is 19.2 Å². The molecule has 4 nitrogen and oxygen atoms in total. The van der Waals surface area contributed by atoms with E-state index in [1.807, 2.05) is 54.7 Å². The van der Waals surface area contributed by atoms with Crippen LogP contribution in [-0.4, -0.2) is 12.1 Å². The highest BCUT2D eigenvalue weighted by molar-refractivity contribution is 5.84. The lowest BCUT2D eigenvalue weighted by Crippen LogP contribution is -2.11. The van der Waals surface area contributed by atoms with E-state index in [0.717, 1.165) is 27.8 Å². The molecule has 112 valence electrons. The third-order valence-corrected chi connectivity index (χ3v) is 4.04. The Morgan fingerprint density at radius 1 is 1.00 bits per heavy atom. The molecule has 4 heteroatoms. The van der Waals surface area contributed by atoms with E-state index in [2.05, 4.69) is 17.1 Å². The summed E-state index contributed by atoms with van der Waals surface area (Å²) in [6.45, 7) is 0. The first-order chi connectivity index (χ1) is 11.3. The molecule has 1 unspecified atom stereocenters. The Morgan fingerprint density at radius 2 is 1.70 bits per heavy atom. The third kappa shape index (κ3) is 2.63. The van der Waals surface area contributed by atoms with Crippen LogP contribution in [0.2, 0.25) is 0 Å². The lowest BCUT2D eigenvalue weighted by Gasteiger charge is -2.18. The quantitative estimate of drug-likeness (QED) is 0.792. The highest BCUT2D eigenvalue weighted by Gasteiger charge is 2.27. The number of nitrogens with one attached hydrogen (secondary N) is 1. The molecule has 2 aromatic carbocycles. The summed E-state index contributed by atoms with van der Waals surface area (Å²) in [4.78, 5) is 3.22. The maximum atomic E-state index is 9.42. The summed E-state index contributed by atoms with van der Waals surface area (Å²) >= 11 is 0. The fraction of sp³-hybridized carbons (Fsp3) is 0.158. The first kappa shape index (κ1) is 14.7. The van der Waals surface area contributed by atoms with Crippen LogP contribution in [0.3, 0.4) is 0 Å². The van der Waals surface area contributed by atoms with E-state index in [9.17, 15) is 10.5 Å². The topological polar surface area (TPSA) is 72.6 Å². The minimum Gasteiger partial charge on any atom is -0.497 e. The number of hydrogen-bond donors (Lipinski definition) is 1. The van der Waals surface area contributed by atoms with Gasteiger partial charge in [-0.25, -0.2) is 0 Å². The molecule has 0 spiro atoms. The second kappa shape index (κ2) is 6.25. The van der Waals surface area contributed by atoms with Gasteiger partial charge >= 0.3 is 0 Å². The van der Waals surface area contributed by atoms with E-state index in [1.54, 1.807) is 7.11 Å². The summed E-state index contributed by atoms with van der Waals surface area (Å²) in [6.07, 6.45) is 1.89. The summed E-state index contributed by atoms with van der Waals surface area (Å²) in [7, 11) is 1.61. The molecular weight excluding hydrogens is 286 g/mol. The number of rotatable bonds is 4. The standard InChI is InChI=1S/C19H15N3O/c1-23-15-8-6-13(7-9-15)19(14(10-20)11-21)17-12-22-18-5-3-2-4-16(17)18/h2-9,12,14,19,22H,1H3. The summed E-state index contributed by atoms with van der Waals surface area (Å²) in [5.41, 5.74) is 2.87. The Hall–Kier alpha value is -3.24. The molecule has 0 amide bonds. The Bertz CT molecular complexity index is 883. The molecule has 0 aliphatic carbocycles. The van der Waals surface area contributed by atoms with E-state index in [1.165, 1.54) is 0 Å². The van der Waals surface area contributed by atoms with E-state index < -0.39 is 5.92 Å². The molecule has 1 N–H and O–H groups in total. The number of para-hydroxylation sites is 1. The second-order valence-corrected chi connectivity index (χ2v) is 5.28. The zero-order valence-electron chi connectivity index (χ0n) is 12.7. The number of aromatic nitrogens is 1. The Kier molecular flexibility index (Phi) is 3.99. The highest BCUT2D eigenvalue weighted by atomic mass is 16.5. The van der Waals surface area contributed by atoms with Gasteiger partial charge in [0.15, 0.2) is 0 Å². The van der Waals surface area contributed by atoms with Gasteiger partial charge in [0.1, 0.15) is 11.7 Å². The van der Waals surface area contributed by atoms with Crippen LogP contribution in [0.4, 0.5) is 0 Å². The van der Waals surface area contributed by atoms with Gasteiger partial charge in [-0.3, -0.25) is 0 Å². The van der Waals surface area contributed by atoms with Crippen LogP contribution in [-0.2, 0) is 0 Å². The van der Waals surface area contributed by atoms with Gasteiger partial charge in [0.25, 0.3) is 0 Å². The summed E-state index contributed by atoms with van der Waals surface area (Å²) in [5.74, 6) is -0.327. The van der Waals surface area contributed by atoms with Crippen molar-refractivity contribution in [2.45, 2.75) is 5.92 Å². The van der Waals surface area contributed by atoms with Crippen molar-refractivity contribution in [3.63, 3.8) is 0 Å². The Morgan fingerprint density at radius 3 is 2.35 bits per heavy atom. The Balaban J connectivity index is 2.16. The minimum atomic E-state index is -0.761. The second-order valence-electron chi connectivity index (χ2n) is 5.28. The minimum absolute atomic E-state index is 0.313. The molecule has 0 bridgehead atoms. The molecule has 0 saturated carbocycles. The predicted octanol–water partition coefficient (Wildman–Crippen LogP) is 3.97. The number of nitrogens with zero attached hydrogens (tertiary/aromatic N) is 2. The molecule has 1 heterocycles. The van der Waals surface area contributed by atoms with Crippen LogP contribution in [0.5, 0.6) is 5.75 Å². The molecule has 23 heavy (non-hydrogen) atoms. The number of methoxy groups -OCH3 is 1. The summed E-state index contributed by atoms with van der Waals surface area (Å²) in [5, 5.41) is 19.9. The van der Waals surface area contributed by atoms with Gasteiger partial charge in [-0.05, 0) is 29.3 Å². The van der Waals surface area contributed by atoms with E-state index >= 15 is 0 Å². The van der Waals surface area contributed by atoms with E-state index in [4.69, 9.17) is 4.74 Å². The largest absolute Gasteiger partial charge is 0.497 e. The van der Waals surface area contributed by atoms with Crippen LogP contribution in [0.15, 0.2) is 54.7 Å². The lowest BCUT2D eigenvalue weighted by molar-refractivity contribution is 0.414. The smallest absolute Gasteiger partial charge is 0.144 e. The van der Waals surface area contributed by atoms with Gasteiger partial charge in [-0.1, -0.05) is 30.3 Å². The molecule has 0 aliphatic rings. The zero-order valence-corrected chi connectivity index (χ0v) is 12.7. The normalized spacial score (nSPS) is 11.8. The third-order valence-electron chi connectivity index (χ3n) is 4.04. The van der Waals surface area contributed by atoms with Crippen molar-refractivity contribution in [3.8, 4) is 17.9 Å². The van der Waals surface area contributed by atoms with Gasteiger partial charge in [0, 0.05) is 23.0 Å². The molecule has 0 aliphatic heterocycles. The molecule has 3 aromatic rings. The van der Waals surface area contributed by atoms with Crippen molar-refractivity contribution in [2.24, 2.45) is 5.92 Å². The number of aromatic amines is 1. The first-order valence-electron chi connectivity index (χ1n) is 7.27. The molecule has 0 fully saturated rings. The van der Waals surface area contributed by atoms with Crippen LogP contribution in [0, 0.1) is 28.6 Å². The number of H-pyrrole nitrogens is 1. The van der Waals surface area contributed by atoms with E-state index in [-0.39, 0.29) is 5.92 Å². The average molecular weight is 301 g/mol. The van der Waals surface area contributed by atoms with Crippen LogP contribution in [0.1, 0.15) is 17.0 Å². The number of fused-ring (bicyclic) bond motifs is 1. The maximum absolute atomic E-state index is 9.42. The number of nitriles is 2. The average Bonchev–Trinajstić information content (AvgIpc) is 3.03. The lowest BCUT2D eigenvalue weighted by atomic mass is 9.82. The van der Waals surface area contributed by atoms with Crippen molar-refractivity contribution >= 4 is 10.9 Å². The molecule has 0 saturated heterocycles. The number of benzene rings is 2. The van der Waals surface area contributed by atoms with Gasteiger partial charge in [0.2, 0.25) is 0 Å². The van der Waals surface area contributed by atoms with Crippen LogP contribution < -0.4 is 4.74 Å². The monoisotopic (exact) mass is 301 g/mol. The fourth-order valence-electron chi connectivity index (χ4n) is 2.89. The van der Waals surface area contributed by atoms with Gasteiger partial charge in [-0.2, -0.15) is 10.5 Å². The Labute approximate surface area is 134 Å².